The number of carbonyl (C=O) groups is 1. The van der Waals surface area contributed by atoms with Crippen molar-refractivity contribution in [3.63, 3.8) is 0 Å². The highest BCUT2D eigenvalue weighted by atomic mass is 19.2. The zero-order valence-electron chi connectivity index (χ0n) is 12.8. The third kappa shape index (κ3) is 2.53. The Labute approximate surface area is 142 Å². The largest absolute Gasteiger partial charge is 0.465 e. The van der Waals surface area contributed by atoms with Crippen LogP contribution in [0.5, 0.6) is 0 Å². The van der Waals surface area contributed by atoms with Crippen molar-refractivity contribution in [2.75, 3.05) is 5.32 Å². The molecule has 0 aliphatic carbocycles. The summed E-state index contributed by atoms with van der Waals surface area (Å²) in [5, 5.41) is 17.1. The van der Waals surface area contributed by atoms with Gasteiger partial charge in [-0.3, -0.25) is 10.1 Å². The van der Waals surface area contributed by atoms with Crippen molar-refractivity contribution in [1.82, 2.24) is 20.2 Å². The Morgan fingerprint density at radius 2 is 1.85 bits per heavy atom. The summed E-state index contributed by atoms with van der Waals surface area (Å²) < 4.78 is 27.1. The van der Waals surface area contributed by atoms with Crippen LogP contribution in [0.4, 0.5) is 19.5 Å². The second-order valence-corrected chi connectivity index (χ2v) is 5.46. The summed E-state index contributed by atoms with van der Waals surface area (Å²) in [7, 11) is 0. The first-order valence-electron chi connectivity index (χ1n) is 7.30. The van der Waals surface area contributed by atoms with E-state index in [1.807, 2.05) is 0 Å². The molecule has 8 nitrogen and oxygen atoms in total. The molecule has 0 unspecified atom stereocenters. The molecule has 0 saturated carbocycles. The molecule has 0 radical (unpaired) electrons. The molecule has 0 bridgehead atoms. The molecule has 2 heterocycles. The number of halogens is 2. The van der Waals surface area contributed by atoms with Gasteiger partial charge in [-0.1, -0.05) is 6.07 Å². The van der Waals surface area contributed by atoms with Crippen molar-refractivity contribution >= 4 is 33.8 Å². The van der Waals surface area contributed by atoms with E-state index in [0.717, 1.165) is 12.1 Å². The van der Waals surface area contributed by atoms with Crippen LogP contribution in [0.1, 0.15) is 0 Å². The van der Waals surface area contributed by atoms with Crippen LogP contribution in [0, 0.1) is 11.6 Å². The van der Waals surface area contributed by atoms with Gasteiger partial charge in [0.15, 0.2) is 11.6 Å². The Hall–Kier alpha value is -3.82. The van der Waals surface area contributed by atoms with Gasteiger partial charge in [0.1, 0.15) is 0 Å². The molecular formula is C16H9F2N5O3. The van der Waals surface area contributed by atoms with E-state index in [1.165, 1.54) is 0 Å². The number of aromatic amines is 2. The maximum atomic E-state index is 13.7. The van der Waals surface area contributed by atoms with E-state index in [2.05, 4.69) is 25.5 Å². The summed E-state index contributed by atoms with van der Waals surface area (Å²) in [6.07, 6.45) is -1.27. The van der Waals surface area contributed by atoms with E-state index < -0.39 is 23.3 Å². The van der Waals surface area contributed by atoms with E-state index >= 15 is 0 Å². The minimum Gasteiger partial charge on any atom is -0.465 e. The van der Waals surface area contributed by atoms with Gasteiger partial charge < -0.3 is 10.1 Å². The molecule has 4 rings (SSSR count). The van der Waals surface area contributed by atoms with Crippen molar-refractivity contribution in [2.24, 2.45) is 0 Å². The molecule has 0 spiro atoms. The fourth-order valence-corrected chi connectivity index (χ4v) is 2.69. The molecule has 0 fully saturated rings. The number of hydrogen-bond donors (Lipinski definition) is 4. The number of hydrogen-bond acceptors (Lipinski definition) is 4. The molecule has 0 aliphatic rings. The lowest BCUT2D eigenvalue weighted by Gasteiger charge is -2.06. The molecule has 0 atom stereocenters. The zero-order chi connectivity index (χ0) is 18.4. The summed E-state index contributed by atoms with van der Waals surface area (Å²) in [5.74, 6) is -2.19. The molecule has 26 heavy (non-hydrogen) atoms. The van der Waals surface area contributed by atoms with Crippen molar-refractivity contribution in [3.05, 3.63) is 52.3 Å². The number of nitrogens with one attached hydrogen (secondary N) is 3. The lowest BCUT2D eigenvalue weighted by atomic mass is 10.0. The number of rotatable bonds is 2. The third-order valence-electron chi connectivity index (χ3n) is 3.81. The average Bonchev–Trinajstić information content (AvgIpc) is 2.97. The Morgan fingerprint density at radius 3 is 2.58 bits per heavy atom. The number of carboxylic acid groups (broad SMARTS) is 1. The first-order valence-corrected chi connectivity index (χ1v) is 7.30. The second-order valence-electron chi connectivity index (χ2n) is 5.46. The predicted octanol–water partition coefficient (Wildman–Crippen LogP) is 2.83. The zero-order valence-corrected chi connectivity index (χ0v) is 12.8. The molecular weight excluding hydrogens is 348 g/mol. The van der Waals surface area contributed by atoms with E-state index in [0.29, 0.717) is 16.6 Å². The minimum atomic E-state index is -1.27. The quantitative estimate of drug-likeness (QED) is 0.439. The number of benzene rings is 2. The van der Waals surface area contributed by atoms with Crippen LogP contribution in [-0.4, -0.2) is 31.4 Å². The predicted molar refractivity (Wildman–Crippen MR) is 89.0 cm³/mol. The van der Waals surface area contributed by atoms with Crippen molar-refractivity contribution in [2.45, 2.75) is 0 Å². The topological polar surface area (TPSA) is 124 Å². The van der Waals surface area contributed by atoms with Gasteiger partial charge in [0.2, 0.25) is 5.95 Å². The lowest BCUT2D eigenvalue weighted by Crippen LogP contribution is -2.10. The molecule has 130 valence electrons. The standard InChI is InChI=1S/C16H9F2N5O3/c17-9-4-7-8(5-10(9)18)14(24)23-22-13(7)6-1-2-11-12(3-6)20-15(19-11)21-16(25)26/h1-5H,(H,23,24)(H,25,26)(H2,19,20,21). The van der Waals surface area contributed by atoms with E-state index in [9.17, 15) is 18.4 Å². The van der Waals surface area contributed by atoms with Crippen LogP contribution < -0.4 is 10.9 Å². The van der Waals surface area contributed by atoms with E-state index in [-0.39, 0.29) is 22.4 Å². The summed E-state index contributed by atoms with van der Waals surface area (Å²) in [6.45, 7) is 0. The number of anilines is 1. The second kappa shape index (κ2) is 5.62. The van der Waals surface area contributed by atoms with Gasteiger partial charge in [0.25, 0.3) is 5.56 Å². The highest BCUT2D eigenvalue weighted by molar-refractivity contribution is 5.96. The monoisotopic (exact) mass is 357 g/mol. The first kappa shape index (κ1) is 15.7. The van der Waals surface area contributed by atoms with Gasteiger partial charge in [-0.15, -0.1) is 0 Å². The van der Waals surface area contributed by atoms with Gasteiger partial charge in [-0.2, -0.15) is 5.10 Å². The average molecular weight is 357 g/mol. The molecule has 1 amide bonds. The number of aromatic nitrogens is 4. The van der Waals surface area contributed by atoms with Crippen LogP contribution >= 0.6 is 0 Å². The van der Waals surface area contributed by atoms with Crippen LogP contribution in [0.25, 0.3) is 33.1 Å². The molecule has 2 aromatic carbocycles. The summed E-state index contributed by atoms with van der Waals surface area (Å²) in [4.78, 5) is 29.4. The lowest BCUT2D eigenvalue weighted by molar-refractivity contribution is 0.209. The van der Waals surface area contributed by atoms with E-state index in [1.54, 1.807) is 18.2 Å². The smallest absolute Gasteiger partial charge is 0.411 e. The SMILES string of the molecule is O=C(O)Nc1nc2cc(-c3n[nH]c(=O)c4cc(F)c(F)cc34)ccc2[nH]1. The van der Waals surface area contributed by atoms with Crippen LogP contribution in [0.2, 0.25) is 0 Å². The molecule has 0 aliphatic heterocycles. The van der Waals surface area contributed by atoms with E-state index in [4.69, 9.17) is 5.11 Å². The van der Waals surface area contributed by atoms with Gasteiger partial charge >= 0.3 is 6.09 Å². The fourth-order valence-electron chi connectivity index (χ4n) is 2.69. The normalized spacial score (nSPS) is 11.2. The van der Waals surface area contributed by atoms with Gasteiger partial charge in [0, 0.05) is 10.9 Å². The van der Waals surface area contributed by atoms with Crippen molar-refractivity contribution in [1.29, 1.82) is 0 Å². The molecule has 2 aromatic heterocycles. The van der Waals surface area contributed by atoms with Crippen LogP contribution in [0.15, 0.2) is 35.1 Å². The first-order chi connectivity index (χ1) is 12.4. The van der Waals surface area contributed by atoms with Crippen molar-refractivity contribution < 1.29 is 18.7 Å². The highest BCUT2D eigenvalue weighted by Crippen LogP contribution is 2.28. The summed E-state index contributed by atoms with van der Waals surface area (Å²) >= 11 is 0. The van der Waals surface area contributed by atoms with Gasteiger partial charge in [0.05, 0.1) is 22.1 Å². The number of imidazole rings is 1. The Morgan fingerprint density at radius 1 is 1.12 bits per heavy atom. The van der Waals surface area contributed by atoms with Crippen LogP contribution in [-0.2, 0) is 0 Å². The molecule has 4 N–H and O–H groups in total. The molecule has 0 saturated heterocycles. The number of fused-ring (bicyclic) bond motifs is 2. The Balaban J connectivity index is 1.92. The number of amides is 1. The third-order valence-corrected chi connectivity index (χ3v) is 3.81. The van der Waals surface area contributed by atoms with Gasteiger partial charge in [-0.25, -0.2) is 23.7 Å². The maximum Gasteiger partial charge on any atom is 0.411 e. The Kier molecular flexibility index (Phi) is 3.39. The number of nitrogens with zero attached hydrogens (tertiary/aromatic N) is 2. The number of H-pyrrole nitrogens is 2. The Bertz CT molecular complexity index is 1250. The van der Waals surface area contributed by atoms with Crippen molar-refractivity contribution in [3.8, 4) is 11.3 Å². The molecule has 10 heteroatoms. The molecule has 4 aromatic rings. The highest BCUT2D eigenvalue weighted by Gasteiger charge is 2.14. The maximum absolute atomic E-state index is 13.7. The van der Waals surface area contributed by atoms with Gasteiger partial charge in [-0.05, 0) is 24.3 Å². The fraction of sp³-hybridized carbons (Fsp3) is 0. The minimum absolute atomic E-state index is 0.0377. The summed E-state index contributed by atoms with van der Waals surface area (Å²) in [6, 6.07) is 6.57. The van der Waals surface area contributed by atoms with Crippen LogP contribution in [0.3, 0.4) is 0 Å². The summed E-state index contributed by atoms with van der Waals surface area (Å²) in [5.41, 5.74) is 1.06.